The molecule has 2 fully saturated rings. The third-order valence-corrected chi connectivity index (χ3v) is 6.36. The van der Waals surface area contributed by atoms with Crippen LogP contribution < -0.4 is 5.32 Å². The molecule has 1 aliphatic heterocycles. The third-order valence-electron chi connectivity index (χ3n) is 5.49. The van der Waals surface area contributed by atoms with E-state index in [9.17, 15) is 9.59 Å². The average Bonchev–Trinajstić information content (AvgIpc) is 3.13. The highest BCUT2D eigenvalue weighted by molar-refractivity contribution is 7.12. The minimum absolute atomic E-state index is 0.0883. The predicted octanol–water partition coefficient (Wildman–Crippen LogP) is 3.68. The van der Waals surface area contributed by atoms with Crippen molar-refractivity contribution in [1.29, 1.82) is 0 Å². The van der Waals surface area contributed by atoms with Gasteiger partial charge in [-0.05, 0) is 49.0 Å². The largest absolute Gasteiger partial charge is 0.339 e. The number of amides is 2. The molecule has 2 aliphatic rings. The molecule has 24 heavy (non-hydrogen) atoms. The van der Waals surface area contributed by atoms with Gasteiger partial charge in [0.25, 0.3) is 5.91 Å². The van der Waals surface area contributed by atoms with Gasteiger partial charge in [0.1, 0.15) is 6.04 Å². The van der Waals surface area contributed by atoms with E-state index in [2.05, 4.69) is 10.2 Å². The van der Waals surface area contributed by atoms with E-state index in [1.54, 1.807) is 6.07 Å². The maximum Gasteiger partial charge on any atom is 0.262 e. The molecule has 0 aromatic carbocycles. The molecular weight excluding hydrogens is 320 g/mol. The smallest absolute Gasteiger partial charge is 0.262 e. The van der Waals surface area contributed by atoms with Gasteiger partial charge < -0.3 is 10.2 Å². The molecule has 4 nitrogen and oxygen atoms in total. The van der Waals surface area contributed by atoms with Gasteiger partial charge in [0.05, 0.1) is 4.88 Å². The lowest BCUT2D eigenvalue weighted by atomic mass is 9.78. The van der Waals surface area contributed by atoms with E-state index in [-0.39, 0.29) is 17.7 Å². The summed E-state index contributed by atoms with van der Waals surface area (Å²) in [5, 5.41) is 4.88. The normalized spacial score (nSPS) is 25.2. The van der Waals surface area contributed by atoms with Crippen LogP contribution >= 0.6 is 11.3 Å². The fourth-order valence-corrected chi connectivity index (χ4v) is 4.84. The van der Waals surface area contributed by atoms with Gasteiger partial charge in [-0.15, -0.1) is 11.3 Å². The standard InChI is InChI=1S/C19H28N2O2S/c1-13(2)17(20-18(22)16-10-6-12-24-16)19(23)21-11-5-8-14-7-3-4-9-15(14)21/h6,10,12-15,17H,3-5,7-9,11H2,1-2H3,(H,20,22). The van der Waals surface area contributed by atoms with Crippen molar-refractivity contribution in [3.05, 3.63) is 22.4 Å². The molecule has 3 rings (SSSR count). The zero-order valence-electron chi connectivity index (χ0n) is 14.7. The summed E-state index contributed by atoms with van der Waals surface area (Å²) >= 11 is 1.41. The molecule has 2 heterocycles. The first-order chi connectivity index (χ1) is 11.6. The molecule has 0 bridgehead atoms. The average molecular weight is 349 g/mol. The number of fused-ring (bicyclic) bond motifs is 1. The molecule has 3 atom stereocenters. The summed E-state index contributed by atoms with van der Waals surface area (Å²) in [5.41, 5.74) is 0. The van der Waals surface area contributed by atoms with Crippen molar-refractivity contribution in [1.82, 2.24) is 10.2 Å². The number of rotatable bonds is 4. The van der Waals surface area contributed by atoms with E-state index in [4.69, 9.17) is 0 Å². The molecule has 1 aromatic rings. The van der Waals surface area contributed by atoms with Gasteiger partial charge in [-0.2, -0.15) is 0 Å². The minimum Gasteiger partial charge on any atom is -0.339 e. The van der Waals surface area contributed by atoms with Gasteiger partial charge in [0, 0.05) is 12.6 Å². The highest BCUT2D eigenvalue weighted by Crippen LogP contribution is 2.35. The maximum absolute atomic E-state index is 13.2. The molecule has 1 N–H and O–H groups in total. The molecule has 0 radical (unpaired) electrons. The van der Waals surface area contributed by atoms with Crippen molar-refractivity contribution >= 4 is 23.2 Å². The van der Waals surface area contributed by atoms with Crippen molar-refractivity contribution in [2.45, 2.75) is 64.5 Å². The van der Waals surface area contributed by atoms with Crippen molar-refractivity contribution < 1.29 is 9.59 Å². The number of carbonyl (C=O) groups excluding carboxylic acids is 2. The zero-order chi connectivity index (χ0) is 17.1. The Balaban J connectivity index is 1.72. The quantitative estimate of drug-likeness (QED) is 0.902. The number of carbonyl (C=O) groups is 2. The first-order valence-corrected chi connectivity index (χ1v) is 10.1. The van der Waals surface area contributed by atoms with Gasteiger partial charge in [-0.25, -0.2) is 0 Å². The lowest BCUT2D eigenvalue weighted by Crippen LogP contribution is -2.57. The molecule has 1 saturated carbocycles. The van der Waals surface area contributed by atoms with Gasteiger partial charge in [0.2, 0.25) is 5.91 Å². The molecule has 2 amide bonds. The molecular formula is C19H28N2O2S. The van der Waals surface area contributed by atoms with Gasteiger partial charge in [-0.1, -0.05) is 32.8 Å². The number of piperidine rings is 1. The Bertz CT molecular complexity index is 568. The van der Waals surface area contributed by atoms with Crippen LogP contribution in [-0.4, -0.2) is 35.3 Å². The lowest BCUT2D eigenvalue weighted by Gasteiger charge is -2.45. The summed E-state index contributed by atoms with van der Waals surface area (Å²) in [6.07, 6.45) is 7.24. The van der Waals surface area contributed by atoms with Crippen molar-refractivity contribution in [2.75, 3.05) is 6.54 Å². The summed E-state index contributed by atoms with van der Waals surface area (Å²) in [6.45, 7) is 4.87. The van der Waals surface area contributed by atoms with E-state index in [1.165, 1.54) is 37.0 Å². The molecule has 0 spiro atoms. The van der Waals surface area contributed by atoms with Crippen LogP contribution in [0, 0.1) is 11.8 Å². The first kappa shape index (κ1) is 17.5. The van der Waals surface area contributed by atoms with Crippen molar-refractivity contribution in [3.8, 4) is 0 Å². The number of nitrogens with one attached hydrogen (secondary N) is 1. The second-order valence-corrected chi connectivity index (χ2v) is 8.41. The number of thiophene rings is 1. The Morgan fingerprint density at radius 1 is 1.21 bits per heavy atom. The lowest BCUT2D eigenvalue weighted by molar-refractivity contribution is -0.140. The monoisotopic (exact) mass is 348 g/mol. The topological polar surface area (TPSA) is 49.4 Å². The predicted molar refractivity (Wildman–Crippen MR) is 97.1 cm³/mol. The van der Waals surface area contributed by atoms with E-state index in [1.807, 2.05) is 25.3 Å². The second-order valence-electron chi connectivity index (χ2n) is 7.46. The first-order valence-electron chi connectivity index (χ1n) is 9.22. The van der Waals surface area contributed by atoms with Gasteiger partial charge >= 0.3 is 0 Å². The summed E-state index contributed by atoms with van der Waals surface area (Å²) in [5.74, 6) is 0.739. The highest BCUT2D eigenvalue weighted by atomic mass is 32.1. The second kappa shape index (κ2) is 7.68. The Kier molecular flexibility index (Phi) is 5.59. The molecule has 1 saturated heterocycles. The number of hydrogen-bond acceptors (Lipinski definition) is 3. The van der Waals surface area contributed by atoms with Gasteiger partial charge in [-0.3, -0.25) is 9.59 Å². The van der Waals surface area contributed by atoms with Crippen molar-refractivity contribution in [3.63, 3.8) is 0 Å². The summed E-state index contributed by atoms with van der Waals surface area (Å²) in [4.78, 5) is 28.4. The Morgan fingerprint density at radius 3 is 2.67 bits per heavy atom. The third kappa shape index (κ3) is 3.66. The van der Waals surface area contributed by atoms with Gasteiger partial charge in [0.15, 0.2) is 0 Å². The maximum atomic E-state index is 13.2. The molecule has 132 valence electrons. The molecule has 3 unspecified atom stereocenters. The molecule has 5 heteroatoms. The summed E-state index contributed by atoms with van der Waals surface area (Å²) in [6, 6.07) is 3.63. The van der Waals surface area contributed by atoms with Crippen molar-refractivity contribution in [2.24, 2.45) is 11.8 Å². The van der Waals surface area contributed by atoms with Crippen LogP contribution in [0.5, 0.6) is 0 Å². The minimum atomic E-state index is -0.430. The van der Waals surface area contributed by atoms with E-state index in [0.717, 1.165) is 19.4 Å². The fourth-order valence-electron chi connectivity index (χ4n) is 4.21. The van der Waals surface area contributed by atoms with Crippen LogP contribution in [0.1, 0.15) is 62.0 Å². The number of nitrogens with zero attached hydrogens (tertiary/aromatic N) is 1. The Labute approximate surface area is 148 Å². The van der Waals surface area contributed by atoms with Crippen LogP contribution in [-0.2, 0) is 4.79 Å². The summed E-state index contributed by atoms with van der Waals surface area (Å²) < 4.78 is 0. The van der Waals surface area contributed by atoms with Crippen LogP contribution in [0.25, 0.3) is 0 Å². The van der Waals surface area contributed by atoms with Crippen LogP contribution in [0.15, 0.2) is 17.5 Å². The van der Waals surface area contributed by atoms with E-state index >= 15 is 0 Å². The Hall–Kier alpha value is -1.36. The van der Waals surface area contributed by atoms with E-state index < -0.39 is 6.04 Å². The summed E-state index contributed by atoms with van der Waals surface area (Å²) in [7, 11) is 0. The number of likely N-dealkylation sites (tertiary alicyclic amines) is 1. The highest BCUT2D eigenvalue weighted by Gasteiger charge is 2.39. The zero-order valence-corrected chi connectivity index (χ0v) is 15.5. The van der Waals surface area contributed by atoms with E-state index in [0.29, 0.717) is 16.8 Å². The van der Waals surface area contributed by atoms with Crippen LogP contribution in [0.3, 0.4) is 0 Å². The SMILES string of the molecule is CC(C)C(NC(=O)c1cccs1)C(=O)N1CCCC2CCCCC21. The fraction of sp³-hybridized carbons (Fsp3) is 0.684. The van der Waals surface area contributed by atoms with Crippen LogP contribution in [0.4, 0.5) is 0 Å². The van der Waals surface area contributed by atoms with Crippen LogP contribution in [0.2, 0.25) is 0 Å². The molecule has 1 aliphatic carbocycles. The molecule has 1 aromatic heterocycles. The Morgan fingerprint density at radius 2 is 1.96 bits per heavy atom. The number of hydrogen-bond donors (Lipinski definition) is 1.